The van der Waals surface area contributed by atoms with Crippen LogP contribution in [0.25, 0.3) is 22.6 Å². The summed E-state index contributed by atoms with van der Waals surface area (Å²) in [5.41, 5.74) is 3.84. The number of hydrogen-bond donors (Lipinski definition) is 1. The van der Waals surface area contributed by atoms with Crippen LogP contribution in [-0.2, 0) is 0 Å². The Hall–Kier alpha value is -3.30. The van der Waals surface area contributed by atoms with E-state index in [2.05, 4.69) is 17.1 Å². The highest BCUT2D eigenvalue weighted by Crippen LogP contribution is 2.24. The van der Waals surface area contributed by atoms with E-state index in [4.69, 9.17) is 5.26 Å². The number of fused-ring (bicyclic) bond motifs is 1. The zero-order valence-electron chi connectivity index (χ0n) is 11.2. The molecule has 3 heteroatoms. The van der Waals surface area contributed by atoms with Gasteiger partial charge in [0, 0.05) is 22.7 Å². The van der Waals surface area contributed by atoms with Crippen LogP contribution in [0.15, 0.2) is 54.7 Å². The number of rotatable bonds is 2. The van der Waals surface area contributed by atoms with E-state index >= 15 is 0 Å². The van der Waals surface area contributed by atoms with Crippen molar-refractivity contribution in [3.8, 4) is 12.1 Å². The summed E-state index contributed by atoms with van der Waals surface area (Å²) in [7, 11) is 0. The van der Waals surface area contributed by atoms with Crippen molar-refractivity contribution >= 4 is 22.6 Å². The Kier molecular flexibility index (Phi) is 3.25. The molecule has 0 aliphatic carbocycles. The summed E-state index contributed by atoms with van der Waals surface area (Å²) < 4.78 is 0. The summed E-state index contributed by atoms with van der Waals surface area (Å²) in [4.78, 5) is 3.19. The van der Waals surface area contributed by atoms with E-state index in [1.54, 1.807) is 18.2 Å². The largest absolute Gasteiger partial charge is 0.361 e. The highest BCUT2D eigenvalue weighted by molar-refractivity contribution is 5.97. The summed E-state index contributed by atoms with van der Waals surface area (Å²) in [6, 6.07) is 19.3. The maximum atomic E-state index is 9.40. The number of allylic oxidation sites excluding steroid dienone is 1. The molecule has 0 bridgehead atoms. The molecule has 3 nitrogen and oxygen atoms in total. The molecular formula is C18H11N3. The number of benzene rings is 2. The lowest BCUT2D eigenvalue weighted by molar-refractivity contribution is 1.46. The fraction of sp³-hybridized carbons (Fsp3) is 0. The quantitative estimate of drug-likeness (QED) is 0.712. The number of aromatic amines is 1. The van der Waals surface area contributed by atoms with Gasteiger partial charge >= 0.3 is 0 Å². The minimum atomic E-state index is 0.539. The van der Waals surface area contributed by atoms with Gasteiger partial charge in [0.15, 0.2) is 0 Å². The lowest BCUT2D eigenvalue weighted by atomic mass is 10.0. The summed E-state index contributed by atoms with van der Waals surface area (Å²) in [5.74, 6) is 0. The fourth-order valence-corrected chi connectivity index (χ4v) is 2.31. The first-order valence-corrected chi connectivity index (χ1v) is 6.50. The molecule has 0 saturated carbocycles. The molecule has 0 radical (unpaired) electrons. The molecular weight excluding hydrogens is 258 g/mol. The molecule has 1 heterocycles. The van der Waals surface area contributed by atoms with Crippen molar-refractivity contribution in [2.75, 3.05) is 0 Å². The van der Waals surface area contributed by atoms with Crippen molar-refractivity contribution in [2.45, 2.75) is 0 Å². The molecule has 0 saturated heterocycles. The predicted octanol–water partition coefficient (Wildman–Crippen LogP) is 4.10. The van der Waals surface area contributed by atoms with Gasteiger partial charge in [-0.3, -0.25) is 0 Å². The minimum Gasteiger partial charge on any atom is -0.361 e. The highest BCUT2D eigenvalue weighted by Gasteiger charge is 2.05. The monoisotopic (exact) mass is 269 g/mol. The normalized spacial score (nSPS) is 11.0. The standard InChI is InChI=1S/C18H11N3/c19-10-13-4-3-5-14(8-13)15(11-20)9-16-12-21-18-7-2-1-6-17(16)18/h1-9,12,21H/b15-9-. The van der Waals surface area contributed by atoms with Crippen molar-refractivity contribution < 1.29 is 0 Å². The smallest absolute Gasteiger partial charge is 0.0998 e. The molecule has 0 amide bonds. The zero-order chi connectivity index (χ0) is 14.7. The van der Waals surface area contributed by atoms with Crippen LogP contribution in [0.1, 0.15) is 16.7 Å². The molecule has 0 aliphatic heterocycles. The second-order valence-corrected chi connectivity index (χ2v) is 4.65. The van der Waals surface area contributed by atoms with Gasteiger partial charge in [-0.2, -0.15) is 10.5 Å². The Labute approximate surface area is 122 Å². The first-order valence-electron chi connectivity index (χ1n) is 6.50. The van der Waals surface area contributed by atoms with Crippen molar-refractivity contribution in [1.82, 2.24) is 4.98 Å². The highest BCUT2D eigenvalue weighted by atomic mass is 14.7. The zero-order valence-corrected chi connectivity index (χ0v) is 11.2. The molecule has 2 aromatic carbocycles. The van der Waals surface area contributed by atoms with Crippen LogP contribution in [0.4, 0.5) is 0 Å². The van der Waals surface area contributed by atoms with Crippen molar-refractivity contribution in [3.05, 3.63) is 71.4 Å². The van der Waals surface area contributed by atoms with Crippen molar-refractivity contribution in [2.24, 2.45) is 0 Å². The fourth-order valence-electron chi connectivity index (χ4n) is 2.31. The molecule has 1 aromatic heterocycles. The predicted molar refractivity (Wildman–Crippen MR) is 82.9 cm³/mol. The molecule has 98 valence electrons. The van der Waals surface area contributed by atoms with E-state index in [9.17, 15) is 5.26 Å². The average Bonchev–Trinajstić information content (AvgIpc) is 2.95. The molecule has 1 N–H and O–H groups in total. The van der Waals surface area contributed by atoms with Crippen LogP contribution in [0, 0.1) is 22.7 Å². The van der Waals surface area contributed by atoms with Gasteiger partial charge in [0.25, 0.3) is 0 Å². The second-order valence-electron chi connectivity index (χ2n) is 4.65. The summed E-state index contributed by atoms with van der Waals surface area (Å²) >= 11 is 0. The van der Waals surface area contributed by atoms with Crippen LogP contribution in [0.5, 0.6) is 0 Å². The van der Waals surface area contributed by atoms with E-state index in [1.807, 2.05) is 42.6 Å². The number of aromatic nitrogens is 1. The number of H-pyrrole nitrogens is 1. The maximum Gasteiger partial charge on any atom is 0.0998 e. The molecule has 0 spiro atoms. The van der Waals surface area contributed by atoms with Crippen LogP contribution < -0.4 is 0 Å². The Bertz CT molecular complexity index is 917. The van der Waals surface area contributed by atoms with E-state index in [1.165, 1.54) is 0 Å². The van der Waals surface area contributed by atoms with Crippen molar-refractivity contribution in [1.29, 1.82) is 10.5 Å². The van der Waals surface area contributed by atoms with E-state index < -0.39 is 0 Å². The summed E-state index contributed by atoms with van der Waals surface area (Å²) in [6.45, 7) is 0. The average molecular weight is 269 g/mol. The molecule has 0 unspecified atom stereocenters. The lowest BCUT2D eigenvalue weighted by Gasteiger charge is -2.00. The third kappa shape index (κ3) is 2.41. The van der Waals surface area contributed by atoms with Gasteiger partial charge in [-0.1, -0.05) is 30.3 Å². The van der Waals surface area contributed by atoms with Gasteiger partial charge in [-0.25, -0.2) is 0 Å². The summed E-state index contributed by atoms with van der Waals surface area (Å²) in [5, 5.41) is 19.4. The Morgan fingerprint density at radius 3 is 2.71 bits per heavy atom. The number of nitrogens with zero attached hydrogens (tertiary/aromatic N) is 2. The Balaban J connectivity index is 2.11. The maximum absolute atomic E-state index is 9.40. The van der Waals surface area contributed by atoms with Gasteiger partial charge in [0.1, 0.15) is 0 Å². The molecule has 0 fully saturated rings. The van der Waals surface area contributed by atoms with Gasteiger partial charge < -0.3 is 4.98 Å². The number of nitrogens with one attached hydrogen (secondary N) is 1. The number of para-hydroxylation sites is 1. The molecule has 0 aliphatic rings. The lowest BCUT2D eigenvalue weighted by Crippen LogP contribution is -1.83. The molecule has 3 rings (SSSR count). The topological polar surface area (TPSA) is 63.4 Å². The minimum absolute atomic E-state index is 0.539. The first kappa shape index (κ1) is 12.7. The van der Waals surface area contributed by atoms with Crippen LogP contribution in [-0.4, -0.2) is 4.98 Å². The van der Waals surface area contributed by atoms with Gasteiger partial charge in [-0.05, 0) is 29.8 Å². The van der Waals surface area contributed by atoms with E-state index in [0.717, 1.165) is 22.0 Å². The third-order valence-corrected chi connectivity index (χ3v) is 3.34. The van der Waals surface area contributed by atoms with E-state index in [0.29, 0.717) is 11.1 Å². The Morgan fingerprint density at radius 2 is 1.90 bits per heavy atom. The summed E-state index contributed by atoms with van der Waals surface area (Å²) in [6.07, 6.45) is 3.73. The number of hydrogen-bond acceptors (Lipinski definition) is 2. The first-order chi connectivity index (χ1) is 10.3. The van der Waals surface area contributed by atoms with Crippen LogP contribution in [0.3, 0.4) is 0 Å². The molecule has 21 heavy (non-hydrogen) atoms. The van der Waals surface area contributed by atoms with Gasteiger partial charge in [0.05, 0.1) is 23.3 Å². The Morgan fingerprint density at radius 1 is 1.05 bits per heavy atom. The van der Waals surface area contributed by atoms with Gasteiger partial charge in [-0.15, -0.1) is 0 Å². The van der Waals surface area contributed by atoms with Gasteiger partial charge in [0.2, 0.25) is 0 Å². The van der Waals surface area contributed by atoms with Crippen LogP contribution >= 0.6 is 0 Å². The number of nitriles is 2. The van der Waals surface area contributed by atoms with Crippen LogP contribution in [0.2, 0.25) is 0 Å². The third-order valence-electron chi connectivity index (χ3n) is 3.34. The SMILES string of the molecule is N#C/C(=C/c1c[nH]c2ccccc12)c1cccc(C#N)c1. The van der Waals surface area contributed by atoms with E-state index in [-0.39, 0.29) is 0 Å². The van der Waals surface area contributed by atoms with Crippen molar-refractivity contribution in [3.63, 3.8) is 0 Å². The molecule has 0 atom stereocenters. The molecule has 3 aromatic rings. The second kappa shape index (κ2) is 5.36.